The SMILES string of the molecule is CCOC(=O)C1CC23C(=CCN1)C=CC=C2NCC3C(=O)c1ccc2c(c1)OCO2. The Morgan fingerprint density at radius 2 is 2.13 bits per heavy atom. The first kappa shape index (κ1) is 18.9. The molecule has 5 rings (SSSR count). The van der Waals surface area contributed by atoms with Crippen LogP contribution in [-0.4, -0.2) is 44.3 Å². The minimum absolute atomic E-state index is 0.0231. The van der Waals surface area contributed by atoms with Crippen LogP contribution in [0.25, 0.3) is 0 Å². The molecule has 1 aliphatic carbocycles. The molecule has 1 aromatic carbocycles. The van der Waals surface area contributed by atoms with Crippen molar-refractivity contribution in [2.75, 3.05) is 26.5 Å². The van der Waals surface area contributed by atoms with E-state index < -0.39 is 11.5 Å². The van der Waals surface area contributed by atoms with Crippen molar-refractivity contribution in [3.63, 3.8) is 0 Å². The molecule has 7 heteroatoms. The standard InChI is InChI=1S/C23H24N2O5/c1-2-28-22(27)17-11-23-15(8-9-24-17)4-3-5-20(23)25-12-16(23)21(26)14-6-7-18-19(10-14)30-13-29-18/h3-8,10,16-17,24-25H,2,9,11-13H2,1H3. The smallest absolute Gasteiger partial charge is 0.323 e. The highest BCUT2D eigenvalue weighted by Crippen LogP contribution is 2.53. The summed E-state index contributed by atoms with van der Waals surface area (Å²) in [5.41, 5.74) is 2.03. The van der Waals surface area contributed by atoms with Gasteiger partial charge in [-0.2, -0.15) is 0 Å². The molecular formula is C23H24N2O5. The number of nitrogens with one attached hydrogen (secondary N) is 2. The second-order valence-corrected chi connectivity index (χ2v) is 7.85. The van der Waals surface area contributed by atoms with E-state index in [9.17, 15) is 9.59 Å². The summed E-state index contributed by atoms with van der Waals surface area (Å²) in [5, 5.41) is 6.71. The highest BCUT2D eigenvalue weighted by molar-refractivity contribution is 6.00. The summed E-state index contributed by atoms with van der Waals surface area (Å²) in [6.07, 6.45) is 8.59. The third-order valence-electron chi connectivity index (χ3n) is 6.38. The van der Waals surface area contributed by atoms with Crippen LogP contribution in [0.1, 0.15) is 23.7 Å². The van der Waals surface area contributed by atoms with Gasteiger partial charge in [0.15, 0.2) is 17.3 Å². The first-order valence-corrected chi connectivity index (χ1v) is 10.3. The van der Waals surface area contributed by atoms with Gasteiger partial charge >= 0.3 is 5.97 Å². The number of Topliss-reactive ketones (excluding diaryl/α,β-unsaturated/α-hetero) is 1. The van der Waals surface area contributed by atoms with Crippen molar-refractivity contribution in [3.05, 3.63) is 59.3 Å². The van der Waals surface area contributed by atoms with Gasteiger partial charge < -0.3 is 24.8 Å². The Labute approximate surface area is 174 Å². The molecule has 3 heterocycles. The number of ketones is 1. The number of hydrogen-bond donors (Lipinski definition) is 2. The van der Waals surface area contributed by atoms with E-state index >= 15 is 0 Å². The van der Waals surface area contributed by atoms with Gasteiger partial charge in [0.1, 0.15) is 6.04 Å². The van der Waals surface area contributed by atoms with Crippen LogP contribution >= 0.6 is 0 Å². The topological polar surface area (TPSA) is 85.9 Å². The highest BCUT2D eigenvalue weighted by atomic mass is 16.7. The van der Waals surface area contributed by atoms with E-state index in [0.717, 1.165) is 11.3 Å². The molecule has 1 fully saturated rings. The third kappa shape index (κ3) is 2.84. The lowest BCUT2D eigenvalue weighted by molar-refractivity contribution is -0.146. The van der Waals surface area contributed by atoms with Crippen LogP contribution in [0.15, 0.2) is 53.8 Å². The maximum atomic E-state index is 13.7. The van der Waals surface area contributed by atoms with Gasteiger partial charge in [-0.05, 0) is 43.2 Å². The Bertz CT molecular complexity index is 995. The Kier molecular flexibility index (Phi) is 4.62. The first-order valence-electron chi connectivity index (χ1n) is 10.3. The number of allylic oxidation sites excluding steroid dienone is 4. The molecule has 4 aliphatic rings. The number of esters is 1. The molecule has 1 saturated heterocycles. The molecule has 156 valence electrons. The van der Waals surface area contributed by atoms with Crippen LogP contribution < -0.4 is 20.1 Å². The summed E-state index contributed by atoms with van der Waals surface area (Å²) < 4.78 is 16.1. The maximum Gasteiger partial charge on any atom is 0.323 e. The molecule has 0 amide bonds. The first-order chi connectivity index (χ1) is 14.6. The van der Waals surface area contributed by atoms with Gasteiger partial charge in [0.05, 0.1) is 12.5 Å². The van der Waals surface area contributed by atoms with Crippen molar-refractivity contribution in [3.8, 4) is 11.5 Å². The van der Waals surface area contributed by atoms with E-state index in [2.05, 4.69) is 16.7 Å². The fourth-order valence-electron chi connectivity index (χ4n) is 5.00. The summed E-state index contributed by atoms with van der Waals surface area (Å²) in [5.74, 6) is 0.632. The monoisotopic (exact) mass is 408 g/mol. The number of rotatable bonds is 4. The van der Waals surface area contributed by atoms with Gasteiger partial charge in [0, 0.05) is 29.8 Å². The largest absolute Gasteiger partial charge is 0.465 e. The van der Waals surface area contributed by atoms with Gasteiger partial charge in [0.2, 0.25) is 6.79 Å². The van der Waals surface area contributed by atoms with Gasteiger partial charge in [-0.1, -0.05) is 18.2 Å². The summed E-state index contributed by atoms with van der Waals surface area (Å²) >= 11 is 0. The zero-order valence-corrected chi connectivity index (χ0v) is 16.8. The number of carbonyl (C=O) groups is 2. The van der Waals surface area contributed by atoms with Crippen LogP contribution in [-0.2, 0) is 9.53 Å². The molecule has 30 heavy (non-hydrogen) atoms. The second-order valence-electron chi connectivity index (χ2n) is 7.85. The average molecular weight is 408 g/mol. The van der Waals surface area contributed by atoms with E-state index in [0.29, 0.717) is 43.2 Å². The zero-order valence-electron chi connectivity index (χ0n) is 16.8. The normalized spacial score (nSPS) is 28.4. The molecule has 2 N–H and O–H groups in total. The molecule has 0 aromatic heterocycles. The van der Waals surface area contributed by atoms with Gasteiger partial charge in [0.25, 0.3) is 0 Å². The average Bonchev–Trinajstić information content (AvgIpc) is 3.31. The molecule has 3 unspecified atom stereocenters. The van der Waals surface area contributed by atoms with Gasteiger partial charge in [-0.15, -0.1) is 0 Å². The van der Waals surface area contributed by atoms with Crippen molar-refractivity contribution in [1.29, 1.82) is 0 Å². The predicted molar refractivity (Wildman–Crippen MR) is 109 cm³/mol. The van der Waals surface area contributed by atoms with E-state index in [1.54, 1.807) is 25.1 Å². The van der Waals surface area contributed by atoms with Crippen molar-refractivity contribution < 1.29 is 23.8 Å². The molecule has 1 aromatic rings. The van der Waals surface area contributed by atoms with Crippen LogP contribution in [0.2, 0.25) is 0 Å². The molecule has 3 aliphatic heterocycles. The number of ether oxygens (including phenoxy) is 3. The molecule has 0 saturated carbocycles. The molecule has 3 atom stereocenters. The number of fused-ring (bicyclic) bond motifs is 1. The van der Waals surface area contributed by atoms with Gasteiger partial charge in [-0.3, -0.25) is 9.59 Å². The van der Waals surface area contributed by atoms with E-state index in [-0.39, 0.29) is 24.5 Å². The van der Waals surface area contributed by atoms with Crippen molar-refractivity contribution >= 4 is 11.8 Å². The molecular weight excluding hydrogens is 384 g/mol. The lowest BCUT2D eigenvalue weighted by Gasteiger charge is -2.38. The number of hydrogen-bond acceptors (Lipinski definition) is 7. The number of benzene rings is 1. The third-order valence-corrected chi connectivity index (χ3v) is 6.38. The van der Waals surface area contributed by atoms with E-state index in [1.807, 2.05) is 18.2 Å². The predicted octanol–water partition coefficient (Wildman–Crippen LogP) is 2.11. The minimum atomic E-state index is -0.594. The van der Waals surface area contributed by atoms with E-state index in [1.165, 1.54) is 0 Å². The fourth-order valence-corrected chi connectivity index (χ4v) is 5.00. The molecule has 0 bridgehead atoms. The molecule has 1 spiro atoms. The van der Waals surface area contributed by atoms with Crippen LogP contribution in [0.4, 0.5) is 0 Å². The Hall–Kier alpha value is -3.06. The lowest BCUT2D eigenvalue weighted by Crippen LogP contribution is -2.45. The Morgan fingerprint density at radius 1 is 1.27 bits per heavy atom. The lowest BCUT2D eigenvalue weighted by atomic mass is 9.63. The van der Waals surface area contributed by atoms with Crippen LogP contribution in [0.5, 0.6) is 11.5 Å². The quantitative estimate of drug-likeness (QED) is 0.583. The molecule has 0 radical (unpaired) electrons. The van der Waals surface area contributed by atoms with Crippen molar-refractivity contribution in [2.45, 2.75) is 19.4 Å². The Balaban J connectivity index is 1.54. The minimum Gasteiger partial charge on any atom is -0.465 e. The summed E-state index contributed by atoms with van der Waals surface area (Å²) in [6.45, 7) is 3.34. The zero-order chi connectivity index (χ0) is 20.7. The Morgan fingerprint density at radius 3 is 3.00 bits per heavy atom. The fraction of sp³-hybridized carbons (Fsp3) is 0.391. The van der Waals surface area contributed by atoms with Crippen LogP contribution in [0.3, 0.4) is 0 Å². The van der Waals surface area contributed by atoms with E-state index in [4.69, 9.17) is 14.2 Å². The highest BCUT2D eigenvalue weighted by Gasteiger charge is 2.55. The number of carbonyl (C=O) groups excluding carboxylic acids is 2. The van der Waals surface area contributed by atoms with Crippen molar-refractivity contribution in [2.24, 2.45) is 11.3 Å². The summed E-state index contributed by atoms with van der Waals surface area (Å²) in [6, 6.07) is 4.83. The second kappa shape index (κ2) is 7.32. The van der Waals surface area contributed by atoms with Crippen molar-refractivity contribution in [1.82, 2.24) is 10.6 Å². The summed E-state index contributed by atoms with van der Waals surface area (Å²) in [7, 11) is 0. The van der Waals surface area contributed by atoms with Gasteiger partial charge in [-0.25, -0.2) is 0 Å². The van der Waals surface area contributed by atoms with Crippen LogP contribution in [0, 0.1) is 11.3 Å². The molecule has 7 nitrogen and oxygen atoms in total. The maximum absolute atomic E-state index is 13.7. The summed E-state index contributed by atoms with van der Waals surface area (Å²) in [4.78, 5) is 26.3.